The fourth-order valence-electron chi connectivity index (χ4n) is 2.49. The standard InChI is InChI=1S/C19H20N2O3/c1-13-10-17-14(8-9-19(2,12-22)24-17)11-16(13)21-18(23)20-15-6-4-3-5-7-15/h3-11,22H,12H2,1-2H3,(H2,20,21,23). The van der Waals surface area contributed by atoms with Gasteiger partial charge in [-0.05, 0) is 49.8 Å². The summed E-state index contributed by atoms with van der Waals surface area (Å²) in [4.78, 5) is 12.1. The first-order chi connectivity index (χ1) is 11.5. The highest BCUT2D eigenvalue weighted by Gasteiger charge is 2.27. The summed E-state index contributed by atoms with van der Waals surface area (Å²) in [6, 6.07) is 12.7. The van der Waals surface area contributed by atoms with Gasteiger partial charge in [0.2, 0.25) is 0 Å². The summed E-state index contributed by atoms with van der Waals surface area (Å²) in [5, 5.41) is 15.1. The number of carbonyl (C=O) groups excluding carboxylic acids is 1. The van der Waals surface area contributed by atoms with Crippen LogP contribution in [-0.2, 0) is 0 Å². The van der Waals surface area contributed by atoms with Crippen LogP contribution < -0.4 is 15.4 Å². The van der Waals surface area contributed by atoms with Crippen molar-refractivity contribution in [2.24, 2.45) is 0 Å². The van der Waals surface area contributed by atoms with E-state index in [4.69, 9.17) is 4.74 Å². The van der Waals surface area contributed by atoms with Crippen LogP contribution in [0.25, 0.3) is 6.08 Å². The number of aliphatic hydroxyl groups excluding tert-OH is 1. The second-order valence-electron chi connectivity index (χ2n) is 6.06. The van der Waals surface area contributed by atoms with Gasteiger partial charge in [-0.15, -0.1) is 0 Å². The number of carbonyl (C=O) groups is 1. The SMILES string of the molecule is Cc1cc2c(cc1NC(=O)Nc1ccccc1)C=CC(C)(CO)O2. The third-order valence-corrected chi connectivity index (χ3v) is 3.91. The highest BCUT2D eigenvalue weighted by Crippen LogP contribution is 2.34. The number of fused-ring (bicyclic) bond motifs is 1. The molecular formula is C19H20N2O3. The lowest BCUT2D eigenvalue weighted by molar-refractivity contribution is 0.0640. The smallest absolute Gasteiger partial charge is 0.323 e. The number of amides is 2. The van der Waals surface area contributed by atoms with E-state index in [1.807, 2.05) is 68.5 Å². The number of hydrogen-bond donors (Lipinski definition) is 3. The zero-order valence-electron chi connectivity index (χ0n) is 13.7. The van der Waals surface area contributed by atoms with E-state index < -0.39 is 5.60 Å². The predicted octanol–water partition coefficient (Wildman–Crippen LogP) is 3.80. The Balaban J connectivity index is 1.77. The van der Waals surface area contributed by atoms with Gasteiger partial charge in [0.1, 0.15) is 11.4 Å². The van der Waals surface area contributed by atoms with E-state index in [0.717, 1.165) is 16.8 Å². The van der Waals surface area contributed by atoms with Crippen LogP contribution in [0.4, 0.5) is 16.2 Å². The zero-order valence-corrected chi connectivity index (χ0v) is 13.7. The number of aryl methyl sites for hydroxylation is 1. The molecule has 5 nitrogen and oxygen atoms in total. The van der Waals surface area contributed by atoms with E-state index in [9.17, 15) is 9.90 Å². The molecule has 0 saturated heterocycles. The molecule has 1 unspecified atom stereocenters. The van der Waals surface area contributed by atoms with Crippen molar-refractivity contribution in [2.75, 3.05) is 17.2 Å². The van der Waals surface area contributed by atoms with Gasteiger partial charge in [0.15, 0.2) is 0 Å². The summed E-state index contributed by atoms with van der Waals surface area (Å²) in [6.45, 7) is 3.62. The van der Waals surface area contributed by atoms with Gasteiger partial charge in [0.05, 0.1) is 6.61 Å². The molecule has 0 aromatic heterocycles. The second kappa shape index (κ2) is 6.37. The molecule has 1 aliphatic heterocycles. The van der Waals surface area contributed by atoms with Crippen molar-refractivity contribution < 1.29 is 14.6 Å². The Kier molecular flexibility index (Phi) is 4.27. The second-order valence-corrected chi connectivity index (χ2v) is 6.06. The Bertz CT molecular complexity index is 787. The van der Waals surface area contributed by atoms with Gasteiger partial charge < -0.3 is 20.5 Å². The van der Waals surface area contributed by atoms with Crippen LogP contribution in [0.2, 0.25) is 0 Å². The van der Waals surface area contributed by atoms with Gasteiger partial charge >= 0.3 is 6.03 Å². The minimum Gasteiger partial charge on any atom is -0.480 e. The van der Waals surface area contributed by atoms with Crippen molar-refractivity contribution in [1.29, 1.82) is 0 Å². The molecule has 0 spiro atoms. The van der Waals surface area contributed by atoms with Crippen LogP contribution in [0.3, 0.4) is 0 Å². The predicted molar refractivity (Wildman–Crippen MR) is 95.4 cm³/mol. The van der Waals surface area contributed by atoms with E-state index in [1.165, 1.54) is 0 Å². The molecule has 1 aliphatic rings. The summed E-state index contributed by atoms with van der Waals surface area (Å²) in [5.41, 5.74) is 2.48. The molecule has 2 aromatic carbocycles. The van der Waals surface area contributed by atoms with Crippen LogP contribution in [0.15, 0.2) is 48.5 Å². The van der Waals surface area contributed by atoms with Crippen LogP contribution in [-0.4, -0.2) is 23.3 Å². The molecule has 3 rings (SSSR count). The van der Waals surface area contributed by atoms with E-state index in [0.29, 0.717) is 11.4 Å². The Hall–Kier alpha value is -2.79. The lowest BCUT2D eigenvalue weighted by atomic mass is 9.99. The first-order valence-corrected chi connectivity index (χ1v) is 7.76. The molecule has 0 saturated carbocycles. The van der Waals surface area contributed by atoms with Gasteiger partial charge in [-0.1, -0.05) is 24.3 Å². The first kappa shape index (κ1) is 16.1. The van der Waals surface area contributed by atoms with Crippen molar-refractivity contribution in [2.45, 2.75) is 19.4 Å². The number of urea groups is 1. The first-order valence-electron chi connectivity index (χ1n) is 7.76. The van der Waals surface area contributed by atoms with Gasteiger partial charge in [-0.2, -0.15) is 0 Å². The molecule has 124 valence electrons. The summed E-state index contributed by atoms with van der Waals surface area (Å²) < 4.78 is 5.84. The van der Waals surface area contributed by atoms with Gasteiger partial charge in [-0.25, -0.2) is 4.79 Å². The molecule has 1 heterocycles. The number of aliphatic hydroxyl groups is 1. The number of para-hydroxylation sites is 1. The maximum atomic E-state index is 12.1. The monoisotopic (exact) mass is 324 g/mol. The van der Waals surface area contributed by atoms with Gasteiger partial charge in [0.25, 0.3) is 0 Å². The number of ether oxygens (including phenoxy) is 1. The average molecular weight is 324 g/mol. The number of hydrogen-bond acceptors (Lipinski definition) is 3. The molecule has 0 radical (unpaired) electrons. The van der Waals surface area contributed by atoms with Gasteiger partial charge in [0, 0.05) is 16.9 Å². The van der Waals surface area contributed by atoms with E-state index in [-0.39, 0.29) is 12.6 Å². The molecule has 0 aliphatic carbocycles. The summed E-state index contributed by atoms with van der Waals surface area (Å²) in [7, 11) is 0. The quantitative estimate of drug-likeness (QED) is 0.804. The molecule has 3 N–H and O–H groups in total. The summed E-state index contributed by atoms with van der Waals surface area (Å²) >= 11 is 0. The minimum atomic E-state index is -0.709. The van der Waals surface area contributed by atoms with E-state index >= 15 is 0 Å². The normalized spacial score (nSPS) is 18.5. The molecule has 2 aromatic rings. The number of anilines is 2. The molecule has 1 atom stereocenters. The molecule has 0 fully saturated rings. The van der Waals surface area contributed by atoms with Crippen LogP contribution >= 0.6 is 0 Å². The van der Waals surface area contributed by atoms with Crippen molar-refractivity contribution in [3.8, 4) is 5.75 Å². The fourth-order valence-corrected chi connectivity index (χ4v) is 2.49. The molecule has 24 heavy (non-hydrogen) atoms. The topological polar surface area (TPSA) is 70.6 Å². The minimum absolute atomic E-state index is 0.0958. The van der Waals surface area contributed by atoms with E-state index in [2.05, 4.69) is 10.6 Å². The maximum absolute atomic E-state index is 12.1. The molecule has 5 heteroatoms. The van der Waals surface area contributed by atoms with E-state index in [1.54, 1.807) is 0 Å². The number of benzene rings is 2. The lowest BCUT2D eigenvalue weighted by Gasteiger charge is -2.30. The van der Waals surface area contributed by atoms with Crippen molar-refractivity contribution in [3.05, 3.63) is 59.7 Å². The number of rotatable bonds is 3. The largest absolute Gasteiger partial charge is 0.480 e. The third-order valence-electron chi connectivity index (χ3n) is 3.91. The lowest BCUT2D eigenvalue weighted by Crippen LogP contribution is -2.35. The fraction of sp³-hybridized carbons (Fsp3) is 0.211. The van der Waals surface area contributed by atoms with Crippen LogP contribution in [0.1, 0.15) is 18.1 Å². The Morgan fingerprint density at radius 1 is 1.21 bits per heavy atom. The third kappa shape index (κ3) is 3.41. The number of nitrogens with one attached hydrogen (secondary N) is 2. The summed E-state index contributed by atoms with van der Waals surface area (Å²) in [5.74, 6) is 0.695. The Labute approximate surface area is 141 Å². The van der Waals surface area contributed by atoms with Gasteiger partial charge in [-0.3, -0.25) is 0 Å². The van der Waals surface area contributed by atoms with Crippen LogP contribution in [0.5, 0.6) is 5.75 Å². The Morgan fingerprint density at radius 2 is 1.96 bits per heavy atom. The van der Waals surface area contributed by atoms with Crippen molar-refractivity contribution >= 4 is 23.5 Å². The average Bonchev–Trinajstić information content (AvgIpc) is 2.57. The highest BCUT2D eigenvalue weighted by molar-refractivity contribution is 6.00. The van der Waals surface area contributed by atoms with Crippen molar-refractivity contribution in [3.63, 3.8) is 0 Å². The molecule has 0 bridgehead atoms. The molecular weight excluding hydrogens is 304 g/mol. The zero-order chi connectivity index (χ0) is 17.2. The molecule has 2 amide bonds. The van der Waals surface area contributed by atoms with Crippen LogP contribution in [0, 0.1) is 6.92 Å². The maximum Gasteiger partial charge on any atom is 0.323 e. The van der Waals surface area contributed by atoms with Crippen molar-refractivity contribution in [1.82, 2.24) is 0 Å². The summed E-state index contributed by atoms with van der Waals surface area (Å²) in [6.07, 6.45) is 3.72. The highest BCUT2D eigenvalue weighted by atomic mass is 16.5. The Morgan fingerprint density at radius 3 is 2.67 bits per heavy atom.